The molecule has 1 aromatic carbocycles. The first-order chi connectivity index (χ1) is 15.0. The lowest BCUT2D eigenvalue weighted by Gasteiger charge is -2.56. The topological polar surface area (TPSA) is 38.1 Å². The first-order valence-corrected chi connectivity index (χ1v) is 12.7. The summed E-state index contributed by atoms with van der Waals surface area (Å²) in [5.74, 6) is 2.57. The summed E-state index contributed by atoms with van der Waals surface area (Å²) >= 11 is 6.87. The minimum Gasteiger partial charge on any atom is -0.293 e. The predicted molar refractivity (Wildman–Crippen MR) is 129 cm³/mol. The molecule has 31 heavy (non-hydrogen) atoms. The molecule has 0 unspecified atom stereocenters. The zero-order chi connectivity index (χ0) is 21.2. The van der Waals surface area contributed by atoms with E-state index in [1.807, 2.05) is 29.8 Å². The summed E-state index contributed by atoms with van der Waals surface area (Å²) in [6.07, 6.45) is 12.2. The molecule has 7 rings (SSSR count). The number of rotatable bonds is 4. The van der Waals surface area contributed by atoms with Crippen LogP contribution in [0.4, 0.5) is 0 Å². The zero-order valence-corrected chi connectivity index (χ0v) is 19.4. The van der Waals surface area contributed by atoms with Crippen LogP contribution in [0.15, 0.2) is 41.4 Å². The van der Waals surface area contributed by atoms with E-state index in [0.29, 0.717) is 10.9 Å². The van der Waals surface area contributed by atoms with Crippen LogP contribution in [0.5, 0.6) is 0 Å². The Labute approximate surface area is 193 Å². The Morgan fingerprint density at radius 3 is 2.35 bits per heavy atom. The van der Waals surface area contributed by atoms with Gasteiger partial charge < -0.3 is 0 Å². The average molecular weight is 450 g/mol. The fraction of sp³-hybridized carbons (Fsp3) is 0.480. The zero-order valence-electron chi connectivity index (χ0n) is 17.8. The summed E-state index contributed by atoms with van der Waals surface area (Å²) in [6.45, 7) is 2.59. The van der Waals surface area contributed by atoms with E-state index in [9.17, 15) is 4.79 Å². The Morgan fingerprint density at radius 2 is 1.77 bits per heavy atom. The number of para-hydroxylation sites is 1. The van der Waals surface area contributed by atoms with Crippen LogP contribution >= 0.6 is 24.0 Å². The number of carbonyl (C=O) groups excluding carboxylic acids is 1. The second-order valence-electron chi connectivity index (χ2n) is 9.84. The number of likely N-dealkylation sites (N-methyl/N-ethyl adjacent to an activating group) is 1. The maximum atomic E-state index is 12.9. The van der Waals surface area contributed by atoms with Gasteiger partial charge in [0.1, 0.15) is 4.32 Å². The highest BCUT2D eigenvalue weighted by Gasteiger charge is 2.53. The van der Waals surface area contributed by atoms with Gasteiger partial charge in [-0.3, -0.25) is 9.69 Å². The van der Waals surface area contributed by atoms with Crippen LogP contribution in [0.3, 0.4) is 0 Å². The molecule has 1 amide bonds. The highest BCUT2D eigenvalue weighted by Crippen LogP contribution is 2.61. The lowest BCUT2D eigenvalue weighted by atomic mass is 9.48. The van der Waals surface area contributed by atoms with Crippen LogP contribution in [-0.2, 0) is 10.2 Å². The quantitative estimate of drug-likeness (QED) is 0.452. The third-order valence-electron chi connectivity index (χ3n) is 7.78. The molecule has 0 N–H and O–H groups in total. The first kappa shape index (κ1) is 19.7. The molecular formula is C25H27N3OS2. The van der Waals surface area contributed by atoms with Gasteiger partial charge in [0.05, 0.1) is 16.3 Å². The Bertz CT molecular complexity index is 1050. The third-order valence-corrected chi connectivity index (χ3v) is 9.16. The number of amides is 1. The standard InChI is InChI=1S/C25H27N3OS2/c1-2-27-23(29)21(31-24(27)30)11-19-15-28(20-6-4-3-5-7-20)26-22(19)25-12-16-8-17(13-25)10-18(9-16)14-25/h3-7,11,15-18H,2,8-10,12-14H2,1H3/b21-11-. The molecule has 5 fully saturated rings. The van der Waals surface area contributed by atoms with Crippen molar-refractivity contribution in [2.45, 2.75) is 50.9 Å². The third kappa shape index (κ3) is 3.21. The van der Waals surface area contributed by atoms with Crippen LogP contribution < -0.4 is 0 Å². The summed E-state index contributed by atoms with van der Waals surface area (Å²) in [7, 11) is 0. The molecule has 1 aliphatic heterocycles. The van der Waals surface area contributed by atoms with E-state index in [1.165, 1.54) is 56.0 Å². The summed E-state index contributed by atoms with van der Waals surface area (Å²) in [6, 6.07) is 10.3. The van der Waals surface area contributed by atoms with Crippen molar-refractivity contribution in [3.63, 3.8) is 0 Å². The monoisotopic (exact) mass is 449 g/mol. The molecule has 1 aromatic heterocycles. The van der Waals surface area contributed by atoms with Gasteiger partial charge >= 0.3 is 0 Å². The molecule has 0 spiro atoms. The van der Waals surface area contributed by atoms with Gasteiger partial charge in [-0.15, -0.1) is 0 Å². The van der Waals surface area contributed by atoms with E-state index in [0.717, 1.165) is 33.9 Å². The van der Waals surface area contributed by atoms with Gasteiger partial charge in [-0.25, -0.2) is 4.68 Å². The minimum atomic E-state index is 0.0291. The maximum Gasteiger partial charge on any atom is 0.266 e. The fourth-order valence-corrected chi connectivity index (χ4v) is 8.31. The average Bonchev–Trinajstić information content (AvgIpc) is 3.29. The second-order valence-corrected chi connectivity index (χ2v) is 11.5. The summed E-state index contributed by atoms with van der Waals surface area (Å²) in [5, 5.41) is 5.20. The van der Waals surface area contributed by atoms with Gasteiger partial charge in [0.2, 0.25) is 0 Å². The van der Waals surface area contributed by atoms with Crippen LogP contribution in [-0.4, -0.2) is 31.5 Å². The molecule has 4 saturated carbocycles. The molecule has 2 heterocycles. The van der Waals surface area contributed by atoms with Crippen LogP contribution in [0.2, 0.25) is 0 Å². The summed E-state index contributed by atoms with van der Waals surface area (Å²) in [4.78, 5) is 15.3. The molecule has 0 radical (unpaired) electrons. The molecule has 4 nitrogen and oxygen atoms in total. The van der Waals surface area contributed by atoms with Crippen molar-refractivity contribution >= 4 is 40.3 Å². The van der Waals surface area contributed by atoms with Crippen LogP contribution in [0.1, 0.15) is 56.7 Å². The molecule has 2 aromatic rings. The molecule has 1 saturated heterocycles. The van der Waals surface area contributed by atoms with E-state index >= 15 is 0 Å². The van der Waals surface area contributed by atoms with Crippen molar-refractivity contribution in [3.05, 3.63) is 52.7 Å². The van der Waals surface area contributed by atoms with E-state index in [2.05, 4.69) is 24.4 Å². The number of hydrogen-bond acceptors (Lipinski definition) is 4. The van der Waals surface area contributed by atoms with E-state index in [4.69, 9.17) is 17.3 Å². The normalized spacial score (nSPS) is 33.1. The van der Waals surface area contributed by atoms with Gasteiger partial charge in [-0.05, 0) is 81.4 Å². The largest absolute Gasteiger partial charge is 0.293 e. The highest BCUT2D eigenvalue weighted by atomic mass is 32.2. The van der Waals surface area contributed by atoms with E-state index < -0.39 is 0 Å². The van der Waals surface area contributed by atoms with Crippen molar-refractivity contribution in [1.82, 2.24) is 14.7 Å². The fourth-order valence-electron chi connectivity index (χ4n) is 6.93. The van der Waals surface area contributed by atoms with E-state index in [1.54, 1.807) is 4.90 Å². The molecular weight excluding hydrogens is 422 g/mol. The molecule has 0 atom stereocenters. The lowest BCUT2D eigenvalue weighted by Crippen LogP contribution is -2.49. The second kappa shape index (κ2) is 7.31. The number of thioether (sulfide) groups is 1. The van der Waals surface area contributed by atoms with E-state index in [-0.39, 0.29) is 11.3 Å². The predicted octanol–water partition coefficient (Wildman–Crippen LogP) is 5.56. The van der Waals surface area contributed by atoms with Crippen molar-refractivity contribution in [2.24, 2.45) is 17.8 Å². The van der Waals surface area contributed by atoms with Gasteiger partial charge in [0, 0.05) is 23.7 Å². The molecule has 5 aliphatic rings. The SMILES string of the molecule is CCN1C(=O)/C(=C/c2cn(-c3ccccc3)nc2C23CC4CC(CC(C4)C2)C3)SC1=S. The Morgan fingerprint density at radius 1 is 1.13 bits per heavy atom. The van der Waals surface area contributed by atoms with Crippen molar-refractivity contribution in [2.75, 3.05) is 6.54 Å². The number of aromatic nitrogens is 2. The smallest absolute Gasteiger partial charge is 0.266 e. The molecule has 4 bridgehead atoms. The number of thiocarbonyl (C=S) groups is 1. The molecule has 160 valence electrons. The van der Waals surface area contributed by atoms with Gasteiger partial charge in [0.15, 0.2) is 0 Å². The van der Waals surface area contributed by atoms with Gasteiger partial charge in [-0.1, -0.05) is 42.2 Å². The van der Waals surface area contributed by atoms with Gasteiger partial charge in [0.25, 0.3) is 5.91 Å². The van der Waals surface area contributed by atoms with Crippen LogP contribution in [0.25, 0.3) is 11.8 Å². The first-order valence-electron chi connectivity index (χ1n) is 11.5. The number of hydrogen-bond donors (Lipinski definition) is 0. The van der Waals surface area contributed by atoms with Crippen molar-refractivity contribution < 1.29 is 4.79 Å². The summed E-state index contributed by atoms with van der Waals surface area (Å²) in [5.41, 5.74) is 3.53. The van der Waals surface area contributed by atoms with Crippen molar-refractivity contribution in [3.8, 4) is 5.69 Å². The van der Waals surface area contributed by atoms with Crippen LogP contribution in [0, 0.1) is 17.8 Å². The molecule has 6 heteroatoms. The Kier molecular flexibility index (Phi) is 4.65. The minimum absolute atomic E-state index is 0.0291. The maximum absolute atomic E-state index is 12.9. The Balaban J connectivity index is 1.47. The Hall–Kier alpha value is -1.92. The molecule has 4 aliphatic carbocycles. The highest BCUT2D eigenvalue weighted by molar-refractivity contribution is 8.26. The number of benzene rings is 1. The lowest BCUT2D eigenvalue weighted by molar-refractivity contribution is -0.121. The number of carbonyl (C=O) groups is 1. The number of nitrogens with zero attached hydrogens (tertiary/aromatic N) is 3. The summed E-state index contributed by atoms with van der Waals surface area (Å²) < 4.78 is 2.67. The van der Waals surface area contributed by atoms with Gasteiger partial charge in [-0.2, -0.15) is 5.10 Å². The van der Waals surface area contributed by atoms with Crippen molar-refractivity contribution in [1.29, 1.82) is 0 Å².